The average Bonchev–Trinajstić information content (AvgIpc) is 2.30. The number of quaternary nitrogens is 2. The summed E-state index contributed by atoms with van der Waals surface area (Å²) in [6.07, 6.45) is 3.80. The van der Waals surface area contributed by atoms with Crippen molar-refractivity contribution in [1.82, 2.24) is 0 Å². The molecule has 1 aliphatic heterocycles. The molecule has 0 radical (unpaired) electrons. The molecule has 0 spiro atoms. The zero-order chi connectivity index (χ0) is 7.84. The second-order valence-electron chi connectivity index (χ2n) is 3.24. The summed E-state index contributed by atoms with van der Waals surface area (Å²) in [4.78, 5) is 4.53. The van der Waals surface area contributed by atoms with Crippen molar-refractivity contribution in [1.29, 1.82) is 0 Å². The van der Waals surface area contributed by atoms with Crippen LogP contribution in [0.15, 0.2) is 0 Å². The first-order valence-corrected chi connectivity index (χ1v) is 4.04. The quantitative estimate of drug-likeness (QED) is 0.400. The van der Waals surface area contributed by atoms with Crippen molar-refractivity contribution in [3.63, 3.8) is 0 Å². The van der Waals surface area contributed by atoms with E-state index in [9.17, 15) is 10.4 Å². The van der Waals surface area contributed by atoms with Crippen LogP contribution in [0.5, 0.6) is 0 Å². The summed E-state index contributed by atoms with van der Waals surface area (Å²) in [6.45, 7) is 0. The van der Waals surface area contributed by atoms with Gasteiger partial charge in [0.05, 0.1) is 0 Å². The van der Waals surface area contributed by atoms with Crippen LogP contribution in [-0.4, -0.2) is 12.1 Å². The zero-order valence-corrected chi connectivity index (χ0v) is 6.21. The predicted octanol–water partition coefficient (Wildman–Crippen LogP) is -2.08. The molecule has 4 unspecified atom stereocenters. The highest BCUT2D eigenvalue weighted by molar-refractivity contribution is 4.73. The van der Waals surface area contributed by atoms with E-state index < -0.39 is 0 Å². The van der Waals surface area contributed by atoms with E-state index in [2.05, 4.69) is 4.94 Å². The molecule has 1 saturated heterocycles. The van der Waals surface area contributed by atoms with Gasteiger partial charge < -0.3 is 10.4 Å². The maximum atomic E-state index is 11.0. The second kappa shape index (κ2) is 2.69. The summed E-state index contributed by atoms with van der Waals surface area (Å²) in [7, 11) is 0. The van der Waals surface area contributed by atoms with Crippen molar-refractivity contribution in [2.24, 2.45) is 0 Å². The molecule has 11 heavy (non-hydrogen) atoms. The Morgan fingerprint density at radius 1 is 1.00 bits per heavy atom. The Kier molecular flexibility index (Phi) is 1.82. The van der Waals surface area contributed by atoms with Gasteiger partial charge >= 0.3 is 0 Å². The summed E-state index contributed by atoms with van der Waals surface area (Å²) in [6, 6.07) is -0.201. The molecule has 0 aromatic rings. The number of nitrogens with one attached hydrogen (secondary N) is 2. The highest BCUT2D eigenvalue weighted by atomic mass is 17.1. The molecule has 1 heterocycles. The fraction of sp³-hybridized carbons (Fsp3) is 1.00. The van der Waals surface area contributed by atoms with Crippen LogP contribution in [0.1, 0.15) is 25.7 Å². The minimum Gasteiger partial charge on any atom is -0.595 e. The van der Waals surface area contributed by atoms with Gasteiger partial charge in [-0.3, -0.25) is 0 Å². The molecule has 5 heteroatoms. The molecule has 1 aliphatic carbocycles. The van der Waals surface area contributed by atoms with Gasteiger partial charge in [-0.2, -0.15) is 10.5 Å². The third-order valence-electron chi connectivity index (χ3n) is 2.57. The van der Waals surface area contributed by atoms with Gasteiger partial charge in [-0.05, 0) is 17.8 Å². The Balaban J connectivity index is 2.07. The third-order valence-corrected chi connectivity index (χ3v) is 2.57. The van der Waals surface area contributed by atoms with E-state index in [1.54, 1.807) is 0 Å². The summed E-state index contributed by atoms with van der Waals surface area (Å²) < 4.78 is 0. The molecule has 2 N–H and O–H groups in total. The molecule has 5 nitrogen and oxygen atoms in total. The number of hydrogen-bond acceptors (Lipinski definition) is 3. The second-order valence-corrected chi connectivity index (χ2v) is 3.24. The van der Waals surface area contributed by atoms with Crippen molar-refractivity contribution in [3.8, 4) is 0 Å². The van der Waals surface area contributed by atoms with Crippen molar-refractivity contribution in [3.05, 3.63) is 10.4 Å². The van der Waals surface area contributed by atoms with Crippen LogP contribution < -0.4 is 10.5 Å². The normalized spacial score (nSPS) is 50.7. The minimum atomic E-state index is -0.292. The Hall–Kier alpha value is -0.200. The van der Waals surface area contributed by atoms with Gasteiger partial charge in [-0.15, -0.1) is 0 Å². The van der Waals surface area contributed by atoms with Crippen LogP contribution >= 0.6 is 0 Å². The van der Waals surface area contributed by atoms with Gasteiger partial charge in [0.1, 0.15) is 0 Å². The predicted molar refractivity (Wildman–Crippen MR) is 35.8 cm³/mol. The molecule has 2 aliphatic rings. The molecule has 1 saturated carbocycles. The van der Waals surface area contributed by atoms with Crippen LogP contribution in [0, 0.1) is 10.4 Å². The highest BCUT2D eigenvalue weighted by Gasteiger charge is 2.44. The number of rotatable bonds is 0. The monoisotopic (exact) mass is 160 g/mol. The molecule has 0 bridgehead atoms. The Bertz CT molecular complexity index is 139. The smallest absolute Gasteiger partial charge is 0.177 e. The largest absolute Gasteiger partial charge is 0.595 e. The van der Waals surface area contributed by atoms with Crippen molar-refractivity contribution in [2.75, 3.05) is 0 Å². The fourth-order valence-corrected chi connectivity index (χ4v) is 1.95. The summed E-state index contributed by atoms with van der Waals surface area (Å²) in [5, 5.41) is 21.4. The standard InChI is InChI=1S/C6H12N2O3/c9-7-5-3-1-2-4-6(5)8(10)11-7/h5-8H,1-4H2. The Labute approximate surface area is 64.6 Å². The van der Waals surface area contributed by atoms with E-state index in [-0.39, 0.29) is 22.5 Å². The van der Waals surface area contributed by atoms with Crippen LogP contribution in [0.2, 0.25) is 0 Å². The fourth-order valence-electron chi connectivity index (χ4n) is 1.95. The number of hydrogen-bond donors (Lipinski definition) is 2. The van der Waals surface area contributed by atoms with Gasteiger partial charge in [-0.1, -0.05) is 0 Å². The lowest BCUT2D eigenvalue weighted by Crippen LogP contribution is -3.18. The van der Waals surface area contributed by atoms with E-state index in [1.807, 2.05) is 0 Å². The van der Waals surface area contributed by atoms with Crippen molar-refractivity contribution < 1.29 is 15.4 Å². The van der Waals surface area contributed by atoms with E-state index >= 15 is 0 Å². The van der Waals surface area contributed by atoms with E-state index in [1.165, 1.54) is 0 Å². The Morgan fingerprint density at radius 2 is 1.45 bits per heavy atom. The molecule has 2 fully saturated rings. The van der Waals surface area contributed by atoms with Gasteiger partial charge in [0.25, 0.3) is 0 Å². The van der Waals surface area contributed by atoms with Crippen LogP contribution in [0.25, 0.3) is 0 Å². The van der Waals surface area contributed by atoms with Gasteiger partial charge in [0, 0.05) is 12.8 Å². The topological polar surface area (TPSA) is 64.2 Å². The SMILES string of the molecule is [O-][NH+]1O[NH+]([O-])C2CCCCC21. The van der Waals surface area contributed by atoms with Gasteiger partial charge in [0.15, 0.2) is 12.1 Å². The average molecular weight is 160 g/mol. The van der Waals surface area contributed by atoms with E-state index in [4.69, 9.17) is 0 Å². The summed E-state index contributed by atoms with van der Waals surface area (Å²) >= 11 is 0. The molecule has 0 amide bonds. The van der Waals surface area contributed by atoms with Gasteiger partial charge in [-0.25, -0.2) is 0 Å². The lowest BCUT2D eigenvalue weighted by molar-refractivity contribution is -1.27. The molecule has 0 aromatic carbocycles. The van der Waals surface area contributed by atoms with Crippen molar-refractivity contribution in [2.45, 2.75) is 37.8 Å². The van der Waals surface area contributed by atoms with Crippen LogP contribution in [0.4, 0.5) is 0 Å². The first-order chi connectivity index (χ1) is 5.29. The molecule has 0 aromatic heterocycles. The first kappa shape index (κ1) is 7.45. The third kappa shape index (κ3) is 1.15. The Morgan fingerprint density at radius 3 is 1.91 bits per heavy atom. The number of fused-ring (bicyclic) bond motifs is 1. The van der Waals surface area contributed by atoms with Crippen LogP contribution in [-0.2, 0) is 4.94 Å². The van der Waals surface area contributed by atoms with Crippen molar-refractivity contribution >= 4 is 0 Å². The maximum absolute atomic E-state index is 11.0. The summed E-state index contributed by atoms with van der Waals surface area (Å²) in [5.74, 6) is 0. The molecule has 64 valence electrons. The summed E-state index contributed by atoms with van der Waals surface area (Å²) in [5.41, 5.74) is 0. The molecular formula is C6H12N2O3. The van der Waals surface area contributed by atoms with E-state index in [0.29, 0.717) is 0 Å². The van der Waals surface area contributed by atoms with E-state index in [0.717, 1.165) is 25.7 Å². The molecular weight excluding hydrogens is 148 g/mol. The highest BCUT2D eigenvalue weighted by Crippen LogP contribution is 2.16. The molecule has 2 rings (SSSR count). The molecule has 4 atom stereocenters. The van der Waals surface area contributed by atoms with Gasteiger partial charge in [0.2, 0.25) is 0 Å². The first-order valence-electron chi connectivity index (χ1n) is 4.04. The minimum absolute atomic E-state index is 0.101. The lowest BCUT2D eigenvalue weighted by atomic mass is 9.91. The number of hydroxylamine groups is 4. The maximum Gasteiger partial charge on any atom is 0.177 e. The zero-order valence-electron chi connectivity index (χ0n) is 6.21. The lowest BCUT2D eigenvalue weighted by Gasteiger charge is -2.23. The van der Waals surface area contributed by atoms with Crippen LogP contribution in [0.3, 0.4) is 0 Å².